The average Bonchev–Trinajstić information content (AvgIpc) is 3.46. The van der Waals surface area contributed by atoms with Gasteiger partial charge in [0.25, 0.3) is 5.56 Å². The minimum Gasteiger partial charge on any atom is -0.342 e. The number of nitrogens with zero attached hydrogens (tertiary/aromatic N) is 3. The Morgan fingerprint density at radius 1 is 1.25 bits per heavy atom. The predicted octanol–water partition coefficient (Wildman–Crippen LogP) is 0.754. The number of fused-ring (bicyclic) bond motifs is 1. The Hall–Kier alpha value is -1.74. The van der Waals surface area contributed by atoms with E-state index in [0.29, 0.717) is 30.4 Å². The lowest BCUT2D eigenvalue weighted by Gasteiger charge is -2.35. The van der Waals surface area contributed by atoms with Gasteiger partial charge in [0.1, 0.15) is 0 Å². The number of sulfonamides is 1. The van der Waals surface area contributed by atoms with E-state index in [1.54, 1.807) is 17.4 Å². The van der Waals surface area contributed by atoms with Gasteiger partial charge in [0.05, 0.1) is 10.9 Å². The van der Waals surface area contributed by atoms with E-state index in [1.807, 2.05) is 4.90 Å². The summed E-state index contributed by atoms with van der Waals surface area (Å²) in [7, 11) is -1.41. The molecule has 1 aliphatic heterocycles. The van der Waals surface area contributed by atoms with Crippen molar-refractivity contribution in [3.8, 4) is 0 Å². The maximum Gasteiger partial charge on any atom is 0.264 e. The smallest absolute Gasteiger partial charge is 0.264 e. The molecule has 0 bridgehead atoms. The molecule has 0 radical (unpaired) electrons. The zero-order valence-electron chi connectivity index (χ0n) is 16.2. The van der Waals surface area contributed by atoms with Crippen LogP contribution in [0, 0.1) is 11.8 Å². The summed E-state index contributed by atoms with van der Waals surface area (Å²) in [6.45, 7) is 1.46. The number of piperidine rings is 1. The fourth-order valence-corrected chi connectivity index (χ4v) is 6.48. The Morgan fingerprint density at radius 2 is 2.00 bits per heavy atom. The lowest BCUT2D eigenvalue weighted by Crippen LogP contribution is -2.42. The van der Waals surface area contributed by atoms with Crippen molar-refractivity contribution in [1.82, 2.24) is 19.4 Å². The van der Waals surface area contributed by atoms with Crippen molar-refractivity contribution < 1.29 is 13.2 Å². The molecule has 2 heterocycles. The Labute approximate surface area is 165 Å². The number of aryl methyl sites for hydroxylation is 1. The van der Waals surface area contributed by atoms with Crippen molar-refractivity contribution in [1.29, 1.82) is 0 Å². The van der Waals surface area contributed by atoms with Gasteiger partial charge in [-0.2, -0.15) is 5.10 Å². The molecule has 1 amide bonds. The SMILES string of the molecule is CN([C@H]1C[C@H]2CCN(C(=O)CCc3ccc(=O)[nH]n3)C[C@H]2C1)S(=O)(=O)C1CC1. The van der Waals surface area contributed by atoms with E-state index in [9.17, 15) is 18.0 Å². The first-order valence-corrected chi connectivity index (χ1v) is 11.6. The molecule has 2 aliphatic carbocycles. The number of hydrogen-bond acceptors (Lipinski definition) is 5. The van der Waals surface area contributed by atoms with Crippen LogP contribution in [-0.4, -0.2) is 65.2 Å². The summed E-state index contributed by atoms with van der Waals surface area (Å²) in [5.41, 5.74) is 0.456. The maximum atomic E-state index is 12.6. The van der Waals surface area contributed by atoms with Crippen molar-refractivity contribution in [3.63, 3.8) is 0 Å². The number of nitrogens with one attached hydrogen (secondary N) is 1. The fourth-order valence-electron chi connectivity index (χ4n) is 4.69. The van der Waals surface area contributed by atoms with Gasteiger partial charge in [0, 0.05) is 45.1 Å². The monoisotopic (exact) mass is 408 g/mol. The number of H-pyrrole nitrogens is 1. The lowest BCUT2D eigenvalue weighted by molar-refractivity contribution is -0.133. The minimum atomic E-state index is -3.14. The standard InChI is InChI=1S/C19H28N4O4S/c1-22(28(26,27)17-4-5-17)16-10-13-8-9-23(12-14(13)11-16)19(25)7-3-15-2-6-18(24)21-20-15/h2,6,13-14,16-17H,3-5,7-12H2,1H3,(H,21,24)/t13-,14-,16+/m1/s1. The molecule has 0 spiro atoms. The van der Waals surface area contributed by atoms with Gasteiger partial charge in [0.2, 0.25) is 15.9 Å². The number of rotatable bonds is 6. The summed E-state index contributed by atoms with van der Waals surface area (Å²) in [4.78, 5) is 25.6. The molecule has 9 heteroatoms. The second-order valence-electron chi connectivity index (χ2n) is 8.45. The van der Waals surface area contributed by atoms with Crippen LogP contribution in [0.4, 0.5) is 0 Å². The number of aromatic amines is 1. The fraction of sp³-hybridized carbons (Fsp3) is 0.737. The highest BCUT2D eigenvalue weighted by atomic mass is 32.2. The Morgan fingerprint density at radius 3 is 2.68 bits per heavy atom. The summed E-state index contributed by atoms with van der Waals surface area (Å²) in [5.74, 6) is 0.992. The summed E-state index contributed by atoms with van der Waals surface area (Å²) >= 11 is 0. The van der Waals surface area contributed by atoms with E-state index in [4.69, 9.17) is 0 Å². The highest BCUT2D eigenvalue weighted by Gasteiger charge is 2.46. The van der Waals surface area contributed by atoms with Crippen LogP contribution in [0.15, 0.2) is 16.9 Å². The van der Waals surface area contributed by atoms with Crippen LogP contribution in [0.2, 0.25) is 0 Å². The third-order valence-corrected chi connectivity index (χ3v) is 9.00. The van der Waals surface area contributed by atoms with Crippen LogP contribution in [0.3, 0.4) is 0 Å². The largest absolute Gasteiger partial charge is 0.342 e. The van der Waals surface area contributed by atoms with Gasteiger partial charge in [0.15, 0.2) is 0 Å². The molecule has 0 unspecified atom stereocenters. The number of carbonyl (C=O) groups is 1. The zero-order valence-corrected chi connectivity index (χ0v) is 17.0. The maximum absolute atomic E-state index is 12.6. The first kappa shape index (κ1) is 19.6. The Kier molecular flexibility index (Phi) is 5.30. The molecule has 2 saturated carbocycles. The summed E-state index contributed by atoms with van der Waals surface area (Å²) in [6.07, 6.45) is 5.16. The molecule has 1 aromatic heterocycles. The van der Waals surface area contributed by atoms with Crippen LogP contribution >= 0.6 is 0 Å². The molecule has 0 aromatic carbocycles. The molecular weight excluding hydrogens is 380 g/mol. The Bertz CT molecular complexity index is 875. The Balaban J connectivity index is 1.31. The lowest BCUT2D eigenvalue weighted by atomic mass is 9.88. The van der Waals surface area contributed by atoms with Gasteiger partial charge in [-0.1, -0.05) is 0 Å². The summed E-state index contributed by atoms with van der Waals surface area (Å²) < 4.78 is 26.7. The molecule has 3 aliphatic rings. The van der Waals surface area contributed by atoms with E-state index in [0.717, 1.165) is 45.2 Å². The molecular formula is C19H28N4O4S. The van der Waals surface area contributed by atoms with Gasteiger partial charge < -0.3 is 4.90 Å². The van der Waals surface area contributed by atoms with Gasteiger partial charge in [-0.3, -0.25) is 9.59 Å². The van der Waals surface area contributed by atoms with Crippen LogP contribution < -0.4 is 5.56 Å². The second-order valence-corrected chi connectivity index (χ2v) is 10.7. The van der Waals surface area contributed by atoms with E-state index in [2.05, 4.69) is 10.2 Å². The van der Waals surface area contributed by atoms with Crippen molar-refractivity contribution in [2.24, 2.45) is 11.8 Å². The molecule has 1 aromatic rings. The van der Waals surface area contributed by atoms with Crippen molar-refractivity contribution in [3.05, 3.63) is 28.2 Å². The first-order chi connectivity index (χ1) is 13.3. The topological polar surface area (TPSA) is 103 Å². The number of carbonyl (C=O) groups excluding carboxylic acids is 1. The molecule has 28 heavy (non-hydrogen) atoms. The zero-order chi connectivity index (χ0) is 19.9. The number of amides is 1. The molecule has 154 valence electrons. The first-order valence-electron chi connectivity index (χ1n) is 10.1. The predicted molar refractivity (Wildman–Crippen MR) is 104 cm³/mol. The molecule has 8 nitrogen and oxygen atoms in total. The van der Waals surface area contributed by atoms with Crippen molar-refractivity contribution in [2.75, 3.05) is 20.1 Å². The van der Waals surface area contributed by atoms with E-state index in [-0.39, 0.29) is 22.8 Å². The van der Waals surface area contributed by atoms with Gasteiger partial charge in [-0.05, 0) is 50.0 Å². The molecule has 1 saturated heterocycles. The van der Waals surface area contributed by atoms with Crippen LogP contribution in [0.25, 0.3) is 0 Å². The number of likely N-dealkylation sites (tertiary alicyclic amines) is 1. The van der Waals surface area contributed by atoms with Gasteiger partial charge in [-0.15, -0.1) is 0 Å². The van der Waals surface area contributed by atoms with Crippen molar-refractivity contribution >= 4 is 15.9 Å². The minimum absolute atomic E-state index is 0.0704. The third-order valence-electron chi connectivity index (χ3n) is 6.59. The van der Waals surface area contributed by atoms with Crippen LogP contribution in [-0.2, 0) is 21.2 Å². The normalized spacial score (nSPS) is 27.8. The molecule has 1 N–H and O–H groups in total. The highest BCUT2D eigenvalue weighted by molar-refractivity contribution is 7.90. The summed E-state index contributed by atoms with van der Waals surface area (Å²) in [6, 6.07) is 3.14. The van der Waals surface area contributed by atoms with Crippen LogP contribution in [0.1, 0.15) is 44.2 Å². The number of hydrogen-bond donors (Lipinski definition) is 1. The van der Waals surface area contributed by atoms with E-state index in [1.165, 1.54) is 6.07 Å². The summed E-state index contributed by atoms with van der Waals surface area (Å²) in [5, 5.41) is 6.17. The van der Waals surface area contributed by atoms with Crippen molar-refractivity contribution in [2.45, 2.75) is 56.2 Å². The average molecular weight is 409 g/mol. The van der Waals surface area contributed by atoms with E-state index < -0.39 is 10.0 Å². The second kappa shape index (κ2) is 7.59. The molecule has 3 atom stereocenters. The number of aromatic nitrogens is 2. The third kappa shape index (κ3) is 4.00. The van der Waals surface area contributed by atoms with Gasteiger partial charge >= 0.3 is 0 Å². The van der Waals surface area contributed by atoms with Gasteiger partial charge in [-0.25, -0.2) is 17.8 Å². The quantitative estimate of drug-likeness (QED) is 0.748. The molecule has 4 rings (SSSR count). The molecule has 3 fully saturated rings. The van der Waals surface area contributed by atoms with E-state index >= 15 is 0 Å². The highest BCUT2D eigenvalue weighted by Crippen LogP contribution is 2.42. The van der Waals surface area contributed by atoms with Crippen LogP contribution in [0.5, 0.6) is 0 Å².